The number of phenols is 1. The normalized spacial score (nSPS) is 15.9. The van der Waals surface area contributed by atoms with E-state index in [9.17, 15) is 9.90 Å². The number of amides is 1. The van der Waals surface area contributed by atoms with E-state index in [4.69, 9.17) is 0 Å². The number of piperazine rings is 1. The highest BCUT2D eigenvalue weighted by Gasteiger charge is 2.13. The van der Waals surface area contributed by atoms with Gasteiger partial charge in [-0.25, -0.2) is 0 Å². The fourth-order valence-electron chi connectivity index (χ4n) is 2.96. The number of carbonyl (C=O) groups excluding carboxylic acids is 1. The minimum atomic E-state index is -0.221. The van der Waals surface area contributed by atoms with Crippen molar-refractivity contribution in [1.29, 1.82) is 0 Å². The molecule has 1 aliphatic rings. The van der Waals surface area contributed by atoms with Gasteiger partial charge in [0.05, 0.1) is 0 Å². The number of rotatable bonds is 5. The van der Waals surface area contributed by atoms with E-state index in [0.29, 0.717) is 5.56 Å². The summed E-state index contributed by atoms with van der Waals surface area (Å²) in [5.74, 6) is -0.131. The van der Waals surface area contributed by atoms with E-state index in [1.165, 1.54) is 11.6 Å². The number of likely N-dealkylation sites (N-methyl/N-ethyl adjacent to an activating group) is 1. The van der Waals surface area contributed by atoms with Gasteiger partial charge in [0.1, 0.15) is 5.75 Å². The van der Waals surface area contributed by atoms with Gasteiger partial charge in [0, 0.05) is 44.0 Å². The van der Waals surface area contributed by atoms with Gasteiger partial charge >= 0.3 is 0 Å². The first kappa shape index (κ1) is 17.5. The van der Waals surface area contributed by atoms with Gasteiger partial charge in [-0.15, -0.1) is 0 Å². The molecule has 1 amide bonds. The second kappa shape index (κ2) is 8.14. The first-order chi connectivity index (χ1) is 12.1. The molecular weight excluding hydrogens is 314 g/mol. The second-order valence-electron chi connectivity index (χ2n) is 6.60. The van der Waals surface area contributed by atoms with Gasteiger partial charge in [0.2, 0.25) is 0 Å². The number of benzene rings is 2. The van der Waals surface area contributed by atoms with Crippen LogP contribution in [0.2, 0.25) is 0 Å². The maximum absolute atomic E-state index is 12.2. The largest absolute Gasteiger partial charge is 0.508 e. The van der Waals surface area contributed by atoms with Crippen LogP contribution in [0.25, 0.3) is 0 Å². The number of nitrogens with zero attached hydrogens (tertiary/aromatic N) is 2. The lowest BCUT2D eigenvalue weighted by atomic mass is 10.1. The van der Waals surface area contributed by atoms with Crippen LogP contribution in [0.5, 0.6) is 5.75 Å². The molecule has 0 radical (unpaired) electrons. The van der Waals surface area contributed by atoms with Crippen LogP contribution in [0.4, 0.5) is 5.69 Å². The van der Waals surface area contributed by atoms with Crippen molar-refractivity contribution in [3.8, 4) is 5.75 Å². The zero-order valence-electron chi connectivity index (χ0n) is 14.6. The molecule has 0 aromatic heterocycles. The van der Waals surface area contributed by atoms with Crippen LogP contribution < -0.4 is 5.32 Å². The van der Waals surface area contributed by atoms with Crippen LogP contribution in [-0.4, -0.2) is 60.6 Å². The summed E-state index contributed by atoms with van der Waals surface area (Å²) >= 11 is 0. The quantitative estimate of drug-likeness (QED) is 0.878. The lowest BCUT2D eigenvalue weighted by Gasteiger charge is -2.32. The molecule has 1 fully saturated rings. The molecule has 1 aliphatic heterocycles. The predicted octanol–water partition coefficient (Wildman–Crippen LogP) is 2.43. The molecule has 0 spiro atoms. The molecular formula is C20H25N3O2. The van der Waals surface area contributed by atoms with Crippen LogP contribution >= 0.6 is 0 Å². The molecule has 0 saturated carbocycles. The van der Waals surface area contributed by atoms with Gasteiger partial charge in [0.25, 0.3) is 5.91 Å². The smallest absolute Gasteiger partial charge is 0.255 e. The standard InChI is InChI=1S/C20H25N3O2/c1-22-11-13-23(14-12-22)10-9-16-5-7-18(8-6-16)21-20(25)17-3-2-4-19(24)15-17/h2-8,15,24H,9-14H2,1H3,(H,21,25). The Morgan fingerprint density at radius 2 is 1.80 bits per heavy atom. The van der Waals surface area contributed by atoms with Gasteiger partial charge in [-0.3, -0.25) is 4.79 Å². The summed E-state index contributed by atoms with van der Waals surface area (Å²) in [6.07, 6.45) is 1.02. The molecule has 25 heavy (non-hydrogen) atoms. The number of hydrogen-bond donors (Lipinski definition) is 2. The minimum absolute atomic E-state index is 0.0897. The Morgan fingerprint density at radius 3 is 2.48 bits per heavy atom. The average molecular weight is 339 g/mol. The molecule has 132 valence electrons. The summed E-state index contributed by atoms with van der Waals surface area (Å²) in [7, 11) is 2.17. The Kier molecular flexibility index (Phi) is 5.68. The number of nitrogens with one attached hydrogen (secondary N) is 1. The molecule has 5 heteroatoms. The maximum atomic E-state index is 12.2. The Morgan fingerprint density at radius 1 is 1.08 bits per heavy atom. The molecule has 0 aliphatic carbocycles. The third-order valence-electron chi connectivity index (χ3n) is 4.63. The van der Waals surface area contributed by atoms with Crippen LogP contribution in [-0.2, 0) is 6.42 Å². The van der Waals surface area contributed by atoms with E-state index in [0.717, 1.165) is 44.8 Å². The highest BCUT2D eigenvalue weighted by atomic mass is 16.3. The third-order valence-corrected chi connectivity index (χ3v) is 4.63. The highest BCUT2D eigenvalue weighted by molar-refractivity contribution is 6.04. The summed E-state index contributed by atoms with van der Waals surface area (Å²) in [4.78, 5) is 17.0. The number of phenolic OH excluding ortho intramolecular Hbond substituents is 1. The van der Waals surface area contributed by atoms with Crippen molar-refractivity contribution in [3.05, 3.63) is 59.7 Å². The fourth-order valence-corrected chi connectivity index (χ4v) is 2.96. The molecule has 1 saturated heterocycles. The summed E-state index contributed by atoms with van der Waals surface area (Å²) in [6, 6.07) is 14.3. The first-order valence-corrected chi connectivity index (χ1v) is 8.70. The third kappa shape index (κ3) is 5.05. The minimum Gasteiger partial charge on any atom is -0.508 e. The van der Waals surface area contributed by atoms with Crippen molar-refractivity contribution in [3.63, 3.8) is 0 Å². The molecule has 2 aromatic rings. The Hall–Kier alpha value is -2.37. The molecule has 1 heterocycles. The van der Waals surface area contributed by atoms with Crippen molar-refractivity contribution in [1.82, 2.24) is 9.80 Å². The Bertz CT molecular complexity index is 707. The fraction of sp³-hybridized carbons (Fsp3) is 0.350. The molecule has 3 rings (SSSR count). The zero-order valence-corrected chi connectivity index (χ0v) is 14.6. The summed E-state index contributed by atoms with van der Waals surface area (Å²) < 4.78 is 0. The van der Waals surface area contributed by atoms with Crippen molar-refractivity contribution in [2.75, 3.05) is 45.1 Å². The summed E-state index contributed by atoms with van der Waals surface area (Å²) in [5.41, 5.74) is 2.48. The molecule has 0 bridgehead atoms. The van der Waals surface area contributed by atoms with Crippen LogP contribution in [0.15, 0.2) is 48.5 Å². The van der Waals surface area contributed by atoms with Crippen LogP contribution in [0, 0.1) is 0 Å². The Balaban J connectivity index is 1.51. The molecule has 2 N–H and O–H groups in total. The SMILES string of the molecule is CN1CCN(CCc2ccc(NC(=O)c3cccc(O)c3)cc2)CC1. The van der Waals surface area contributed by atoms with Gasteiger partial charge in [0.15, 0.2) is 0 Å². The Labute approximate surface area is 148 Å². The van der Waals surface area contributed by atoms with Crippen molar-refractivity contribution in [2.24, 2.45) is 0 Å². The van der Waals surface area contributed by atoms with E-state index < -0.39 is 0 Å². The number of hydrogen-bond acceptors (Lipinski definition) is 4. The highest BCUT2D eigenvalue weighted by Crippen LogP contribution is 2.15. The molecule has 5 nitrogen and oxygen atoms in total. The van der Waals surface area contributed by atoms with E-state index in [1.807, 2.05) is 12.1 Å². The maximum Gasteiger partial charge on any atom is 0.255 e. The van der Waals surface area contributed by atoms with Gasteiger partial charge in [-0.2, -0.15) is 0 Å². The molecule has 0 unspecified atom stereocenters. The predicted molar refractivity (Wildman–Crippen MR) is 100 cm³/mol. The van der Waals surface area contributed by atoms with Crippen molar-refractivity contribution < 1.29 is 9.90 Å². The second-order valence-corrected chi connectivity index (χ2v) is 6.60. The van der Waals surface area contributed by atoms with Gasteiger partial charge in [-0.1, -0.05) is 18.2 Å². The van der Waals surface area contributed by atoms with Crippen LogP contribution in [0.3, 0.4) is 0 Å². The topological polar surface area (TPSA) is 55.8 Å². The van der Waals surface area contributed by atoms with Gasteiger partial charge < -0.3 is 20.2 Å². The van der Waals surface area contributed by atoms with E-state index in [-0.39, 0.29) is 11.7 Å². The number of anilines is 1. The monoisotopic (exact) mass is 339 g/mol. The molecule has 0 atom stereocenters. The average Bonchev–Trinajstić information content (AvgIpc) is 2.62. The lowest BCUT2D eigenvalue weighted by molar-refractivity contribution is 0.102. The summed E-state index contributed by atoms with van der Waals surface area (Å²) in [5, 5.41) is 12.3. The van der Waals surface area contributed by atoms with Crippen molar-refractivity contribution >= 4 is 11.6 Å². The van der Waals surface area contributed by atoms with Crippen molar-refractivity contribution in [2.45, 2.75) is 6.42 Å². The van der Waals surface area contributed by atoms with E-state index >= 15 is 0 Å². The van der Waals surface area contributed by atoms with E-state index in [1.54, 1.807) is 18.2 Å². The lowest BCUT2D eigenvalue weighted by Crippen LogP contribution is -2.45. The van der Waals surface area contributed by atoms with Crippen LogP contribution in [0.1, 0.15) is 15.9 Å². The zero-order chi connectivity index (χ0) is 17.6. The number of carbonyl (C=O) groups is 1. The molecule has 2 aromatic carbocycles. The number of aromatic hydroxyl groups is 1. The van der Waals surface area contributed by atoms with E-state index in [2.05, 4.69) is 34.3 Å². The first-order valence-electron chi connectivity index (χ1n) is 8.70. The summed E-state index contributed by atoms with van der Waals surface area (Å²) in [6.45, 7) is 5.62. The van der Waals surface area contributed by atoms with Gasteiger partial charge in [-0.05, 0) is 49.4 Å².